The summed E-state index contributed by atoms with van der Waals surface area (Å²) < 4.78 is 112. The zero-order valence-electron chi connectivity index (χ0n) is 52.9. The molecule has 1 fully saturated rings. The molecular formula is C63H80ClF4N4O12P3. The summed E-state index contributed by atoms with van der Waals surface area (Å²) in [5.74, 6) is -4.59. The lowest BCUT2D eigenvalue weighted by molar-refractivity contribution is -0.173. The number of anilines is 2. The summed E-state index contributed by atoms with van der Waals surface area (Å²) >= 11 is 7.35. The van der Waals surface area contributed by atoms with Crippen LogP contribution in [-0.2, 0) is 70.6 Å². The van der Waals surface area contributed by atoms with Gasteiger partial charge in [0.2, 0.25) is 7.34 Å². The van der Waals surface area contributed by atoms with Crippen molar-refractivity contribution < 1.29 is 75.4 Å². The Morgan fingerprint density at radius 1 is 0.862 bits per heavy atom. The minimum Gasteiger partial charge on any atom is -0.460 e. The van der Waals surface area contributed by atoms with E-state index in [9.17, 15) is 36.5 Å². The first-order valence-corrected chi connectivity index (χ1v) is 34.4. The number of carbonyl (C=O) groups excluding carboxylic acids is 5. The zero-order valence-corrected chi connectivity index (χ0v) is 54.6. The monoisotopic (exact) mass is 1290 g/mol. The maximum absolute atomic E-state index is 15.8. The van der Waals surface area contributed by atoms with Gasteiger partial charge in [0.25, 0.3) is 8.15 Å². The summed E-state index contributed by atoms with van der Waals surface area (Å²) in [6.45, 7) is 18.7. The number of aliphatic hydroxyl groups excluding tert-OH is 1. The average molecular weight is 1290 g/mol. The van der Waals surface area contributed by atoms with Crippen molar-refractivity contribution in [2.24, 2.45) is 0 Å². The predicted molar refractivity (Wildman–Crippen MR) is 331 cm³/mol. The highest BCUT2D eigenvalue weighted by atomic mass is 35.5. The lowest BCUT2D eigenvalue weighted by Gasteiger charge is -2.54. The van der Waals surface area contributed by atoms with Gasteiger partial charge in [-0.1, -0.05) is 44.0 Å². The molecular weight excluding hydrogens is 1210 g/mol. The van der Waals surface area contributed by atoms with Gasteiger partial charge in [-0.15, -0.1) is 0 Å². The standard InChI is InChI=1S/C62H76ClF4N4O11P3.CH4O/c1-35-32-58(4,5)70-23-15-17-40-52-45(30-42(35)54(40)70)61(46-31-43-36(2)33-59(6,7)71-24-16-18-41(55(43)71)53(46)60(52,8)9)44-28-39(29-47(63)51(44)56(75)81-61)85(77,79-26-14-12-22-68-57(76)62(64,65)66)78-25-13-10-11-19-48(72)69-34-38(27-37(69)3)80-49(73)20-21-50(74)82-84(67)83;1-2/h28-33,37-38H,10-27,34,83H2,1-9H3,(H,68,76);2H,1H3/t37-,38-,84?,85?;/m1./s1/i3D;2T. The van der Waals surface area contributed by atoms with E-state index in [1.165, 1.54) is 40.6 Å². The van der Waals surface area contributed by atoms with Crippen molar-refractivity contribution in [3.63, 3.8) is 0 Å². The van der Waals surface area contributed by atoms with E-state index in [2.05, 4.69) is 99.1 Å². The highest BCUT2D eigenvalue weighted by Crippen LogP contribution is 2.64. The third-order valence-electron chi connectivity index (χ3n) is 18.0. The molecule has 0 radical (unpaired) electrons. The van der Waals surface area contributed by atoms with Gasteiger partial charge in [-0.3, -0.25) is 23.7 Å². The Balaban J connectivity index is 0.00000307. The zero-order chi connectivity index (χ0) is 64.9. The largest absolute Gasteiger partial charge is 0.471 e. The Hall–Kier alpha value is -4.93. The average Bonchev–Trinajstić information content (AvgIpc) is 1.66. The number of carbonyl (C=O) groups is 5. The van der Waals surface area contributed by atoms with Gasteiger partial charge in [0, 0.05) is 91.6 Å². The van der Waals surface area contributed by atoms with E-state index in [4.69, 9.17) is 32.9 Å². The molecule has 7 aliphatic rings. The lowest BCUT2D eigenvalue weighted by Crippen LogP contribution is -2.51. The minimum atomic E-state index is -5.07. The minimum absolute atomic E-state index is 0.0268. The highest BCUT2D eigenvalue weighted by molar-refractivity contribution is 8.08. The van der Waals surface area contributed by atoms with E-state index in [1.54, 1.807) is 15.0 Å². The van der Waals surface area contributed by atoms with Gasteiger partial charge in [-0.2, -0.15) is 17.4 Å². The molecule has 2 amide bonds. The number of alkyl halides is 3. The number of halogens is 5. The van der Waals surface area contributed by atoms with Gasteiger partial charge >= 0.3 is 37.6 Å². The van der Waals surface area contributed by atoms with Gasteiger partial charge in [-0.05, 0) is 166 Å². The number of aliphatic hydroxyl groups is 1. The molecule has 24 heteroatoms. The number of nitrogens with one attached hydrogen (secondary N) is 1. The second-order valence-electron chi connectivity index (χ2n) is 25.1. The van der Waals surface area contributed by atoms with E-state index in [-0.39, 0.29) is 105 Å². The number of likely N-dealkylation sites (tertiary alicyclic amines) is 1. The number of nitrogens with zero attached hydrogens (tertiary/aromatic N) is 3. The fourth-order valence-electron chi connectivity index (χ4n) is 14.5. The first-order valence-electron chi connectivity index (χ1n) is 30.9. The molecule has 10 rings (SSSR count). The molecule has 3 aromatic carbocycles. The molecule has 2 N–H and O–H groups in total. The number of rotatable bonds is 19. The summed E-state index contributed by atoms with van der Waals surface area (Å²) in [6.07, 6.45) is 2.95. The number of unbranched alkanes of at least 4 members (excludes halogenated alkanes) is 3. The van der Waals surface area contributed by atoms with E-state index in [0.717, 1.165) is 83.3 Å². The Morgan fingerprint density at radius 2 is 1.41 bits per heavy atom. The first kappa shape index (κ1) is 63.6. The number of hydrogen-bond donors (Lipinski definition) is 2. The summed E-state index contributed by atoms with van der Waals surface area (Å²) in [7, 11) is -3.95. The van der Waals surface area contributed by atoms with Gasteiger partial charge in [-0.25, -0.2) is 4.79 Å². The maximum atomic E-state index is 15.8. The van der Waals surface area contributed by atoms with E-state index in [1.807, 2.05) is 5.32 Å². The van der Waals surface area contributed by atoms with Crippen molar-refractivity contribution in [2.45, 2.75) is 186 Å². The van der Waals surface area contributed by atoms with Crippen molar-refractivity contribution in [1.29, 1.82) is 1.43 Å². The van der Waals surface area contributed by atoms with Crippen LogP contribution >= 0.6 is 36.3 Å². The van der Waals surface area contributed by atoms with Crippen LogP contribution in [0.15, 0.2) is 36.4 Å². The molecule has 3 unspecified atom stereocenters. The van der Waals surface area contributed by atoms with Gasteiger partial charge in [0.15, 0.2) is 5.60 Å². The van der Waals surface area contributed by atoms with Crippen molar-refractivity contribution >= 4 is 93.8 Å². The summed E-state index contributed by atoms with van der Waals surface area (Å²) in [6, 6.07) is 6.95. The van der Waals surface area contributed by atoms with Crippen LogP contribution in [0.1, 0.15) is 195 Å². The fraction of sp³-hybridized carbons (Fsp3) is 0.571. The number of hydrogen-bond acceptors (Lipinski definition) is 14. The molecule has 16 nitrogen and oxygen atoms in total. The van der Waals surface area contributed by atoms with Gasteiger partial charge < -0.3 is 48.2 Å². The topological polar surface area (TPSA) is 191 Å². The second-order valence-corrected chi connectivity index (χ2v) is 29.5. The number of ether oxygens (including phenoxy) is 2. The molecule has 6 heterocycles. The predicted octanol–water partition coefficient (Wildman–Crippen LogP) is 12.7. The third-order valence-corrected chi connectivity index (χ3v) is 20.9. The quantitative estimate of drug-likeness (QED) is 0.0499. The molecule has 5 atom stereocenters. The summed E-state index contributed by atoms with van der Waals surface area (Å²) in [5.41, 5.74) is 10.3. The van der Waals surface area contributed by atoms with E-state index in [0.29, 0.717) is 24.8 Å². The van der Waals surface area contributed by atoms with Crippen LogP contribution in [0.2, 0.25) is 5.02 Å². The first-order chi connectivity index (χ1) is 41.9. The highest BCUT2D eigenvalue weighted by Gasteiger charge is 2.60. The maximum Gasteiger partial charge on any atom is 0.471 e. The van der Waals surface area contributed by atoms with Crippen molar-refractivity contribution in [1.82, 2.24) is 10.2 Å². The smallest absolute Gasteiger partial charge is 0.460 e. The SMILES string of the molecule is [2H]C[C@@H]1C[C@@H](OC(=O)CCC(=O)OP(F)P)CN1C(=O)CCCCCOP(=O)(OCCCCNC(=O)C(F)(F)F)c1cc(Cl)c2c(c1)C1(OC2=O)c2cc3c4c(c2C(C)(C)c2c1cc1c5c2CCCN5C(C)(C)C=C1C)CCCN4C(C)(C)C=C3C.[3H]OC. The summed E-state index contributed by atoms with van der Waals surface area (Å²) in [5, 5.41) is 5.34. The molecule has 0 saturated carbocycles. The van der Waals surface area contributed by atoms with Crippen LogP contribution in [0.3, 0.4) is 0 Å². The molecule has 0 aromatic heterocycles. The molecule has 87 heavy (non-hydrogen) atoms. The van der Waals surface area contributed by atoms with Crippen molar-refractivity contribution in [2.75, 3.05) is 56.3 Å². The third kappa shape index (κ3) is 12.5. The number of fused-ring (bicyclic) bond motifs is 8. The molecule has 0 bridgehead atoms. The lowest BCUT2D eigenvalue weighted by atomic mass is 9.57. The van der Waals surface area contributed by atoms with Crippen LogP contribution in [0, 0.1) is 0 Å². The Morgan fingerprint density at radius 3 is 1.95 bits per heavy atom. The Bertz CT molecular complexity index is 3330. The fourth-order valence-corrected chi connectivity index (χ4v) is 17.2. The van der Waals surface area contributed by atoms with Gasteiger partial charge in [0.1, 0.15) is 6.10 Å². The van der Waals surface area contributed by atoms with E-state index >= 15 is 9.36 Å². The van der Waals surface area contributed by atoms with Crippen molar-refractivity contribution in [3.05, 3.63) is 97.1 Å². The molecule has 3 aromatic rings. The summed E-state index contributed by atoms with van der Waals surface area (Å²) in [4.78, 5) is 71.1. The molecule has 1 saturated heterocycles. The number of amides is 2. The van der Waals surface area contributed by atoms with Crippen LogP contribution in [-0.4, -0.2) is 117 Å². The number of esters is 2. The number of allylic oxidation sites excluding steroid dienone is 2. The van der Waals surface area contributed by atoms with Crippen molar-refractivity contribution in [3.8, 4) is 0 Å². The van der Waals surface area contributed by atoms with Crippen LogP contribution in [0.4, 0.5) is 28.7 Å². The molecule has 1 spiro atoms. The van der Waals surface area contributed by atoms with Crippen LogP contribution in [0.5, 0.6) is 0 Å². The van der Waals surface area contributed by atoms with E-state index < -0.39 is 68.9 Å². The number of benzene rings is 3. The molecule has 6 aliphatic heterocycles. The van der Waals surface area contributed by atoms with Crippen LogP contribution in [0.25, 0.3) is 11.1 Å². The Kier molecular flexibility index (Phi) is 18.6. The normalized spacial score (nSPS) is 21.6. The second kappa shape index (κ2) is 25.4. The van der Waals surface area contributed by atoms with Gasteiger partial charge in [0.05, 0.1) is 59.6 Å². The van der Waals surface area contributed by atoms with Crippen LogP contribution < -0.4 is 20.4 Å². The Labute approximate surface area is 518 Å². The molecule has 474 valence electrons. The molecule has 1 aliphatic carbocycles.